The molecule has 0 radical (unpaired) electrons. The number of methoxy groups -OCH3 is 1. The number of nitrogens with zero attached hydrogens (tertiary/aromatic N) is 5. The first kappa shape index (κ1) is 30.8. The van der Waals surface area contributed by atoms with Crippen LogP contribution in [0.1, 0.15) is 16.7 Å². The molecule has 4 aromatic rings. The Morgan fingerprint density at radius 3 is 2.57 bits per heavy atom. The second-order valence-electron chi connectivity index (χ2n) is 9.62. The first-order chi connectivity index (χ1) is 21.1. The number of anilines is 3. The number of aryl methyl sites for hydroxylation is 1. The molecule has 11 nitrogen and oxygen atoms in total. The lowest BCUT2D eigenvalue weighted by atomic mass is 10.1. The lowest BCUT2D eigenvalue weighted by Gasteiger charge is -2.21. The van der Waals surface area contributed by atoms with Crippen molar-refractivity contribution >= 4 is 40.2 Å². The Labute approximate surface area is 254 Å². The summed E-state index contributed by atoms with van der Waals surface area (Å²) in [4.78, 5) is 22.8. The van der Waals surface area contributed by atoms with Crippen molar-refractivity contribution in [3.63, 3.8) is 0 Å². The zero-order valence-corrected chi connectivity index (χ0v) is 24.4. The van der Waals surface area contributed by atoms with E-state index in [0.717, 1.165) is 16.7 Å². The average Bonchev–Trinajstić information content (AvgIpc) is 3.60. The van der Waals surface area contributed by atoms with Gasteiger partial charge in [0.05, 0.1) is 23.7 Å². The van der Waals surface area contributed by atoms with Gasteiger partial charge in [0.1, 0.15) is 12.1 Å². The first-order valence-corrected chi connectivity index (χ1v) is 14.2. The monoisotopic (exact) mass is 627 g/mol. The molecule has 230 valence electrons. The Hall–Kier alpha value is -4.60. The number of nitrogens with one attached hydrogen (secondary N) is 2. The van der Waals surface area contributed by atoms with Crippen molar-refractivity contribution in [3.05, 3.63) is 89.7 Å². The van der Waals surface area contributed by atoms with E-state index in [9.17, 15) is 23.1 Å². The van der Waals surface area contributed by atoms with Crippen LogP contribution >= 0.6 is 11.8 Å². The Kier molecular flexibility index (Phi) is 9.37. The largest absolute Gasteiger partial charge is 0.573 e. The topological polar surface area (TPSA) is 126 Å². The van der Waals surface area contributed by atoms with Gasteiger partial charge in [-0.3, -0.25) is 9.69 Å². The summed E-state index contributed by atoms with van der Waals surface area (Å²) in [6.45, 7) is 2.66. The lowest BCUT2D eigenvalue weighted by Crippen LogP contribution is -2.32. The van der Waals surface area contributed by atoms with E-state index in [0.29, 0.717) is 41.3 Å². The highest BCUT2D eigenvalue weighted by molar-refractivity contribution is 8.15. The number of aliphatic hydroxyl groups excluding tert-OH is 1. The van der Waals surface area contributed by atoms with Gasteiger partial charge in [-0.15, -0.1) is 18.3 Å². The molecule has 0 aliphatic carbocycles. The standard InChI is InChI=1S/C29H28F3N7O4S/c1-18-3-6-20(15-42-2)24(13-18)39-25(40)16-44-28(39)36-27(41)35-21-7-4-19(5-8-21)14-33-26-34-17-38(37-26)22-9-11-23(12-10-22)43-29(30,31)32/h3-13,17,27,35,41H,14-16H2,1-2H3,(H,33,37)/b36-28-. The molecule has 0 saturated carbocycles. The van der Waals surface area contributed by atoms with Crippen LogP contribution in [0.25, 0.3) is 5.69 Å². The maximum atomic E-state index is 12.7. The molecule has 0 bridgehead atoms. The number of halogens is 3. The van der Waals surface area contributed by atoms with Crippen molar-refractivity contribution in [2.75, 3.05) is 28.4 Å². The molecule has 5 rings (SSSR count). The van der Waals surface area contributed by atoms with Crippen LogP contribution in [0.4, 0.5) is 30.5 Å². The molecule has 1 fully saturated rings. The summed E-state index contributed by atoms with van der Waals surface area (Å²) in [5.41, 5.74) is 4.52. The summed E-state index contributed by atoms with van der Waals surface area (Å²) in [6, 6.07) is 18.3. The van der Waals surface area contributed by atoms with Crippen molar-refractivity contribution in [2.45, 2.75) is 32.8 Å². The Bertz CT molecular complexity index is 1630. The molecule has 0 spiro atoms. The van der Waals surface area contributed by atoms with Crippen molar-refractivity contribution in [3.8, 4) is 11.4 Å². The summed E-state index contributed by atoms with van der Waals surface area (Å²) in [7, 11) is 1.59. The fourth-order valence-corrected chi connectivity index (χ4v) is 5.19. The zero-order chi connectivity index (χ0) is 31.3. The van der Waals surface area contributed by atoms with Crippen LogP contribution in [0.3, 0.4) is 0 Å². The molecule has 1 amide bonds. The van der Waals surface area contributed by atoms with Crippen LogP contribution in [0.2, 0.25) is 0 Å². The SMILES string of the molecule is COCc1ccc(C)cc1N1C(=O)CS/C1=N\C(O)Nc1ccc(CNc2ncn(-c3ccc(OC(F)(F)F)cc3)n2)cc1. The van der Waals surface area contributed by atoms with Gasteiger partial charge in [-0.25, -0.2) is 14.7 Å². The molecule has 44 heavy (non-hydrogen) atoms. The summed E-state index contributed by atoms with van der Waals surface area (Å²) in [5, 5.41) is 21.3. The van der Waals surface area contributed by atoms with Crippen molar-refractivity contribution in [2.24, 2.45) is 4.99 Å². The molecule has 1 aliphatic rings. The number of amidine groups is 1. The minimum Gasteiger partial charge on any atom is -0.406 e. The Morgan fingerprint density at radius 2 is 1.86 bits per heavy atom. The molecule has 1 atom stereocenters. The average molecular weight is 628 g/mol. The maximum absolute atomic E-state index is 12.7. The summed E-state index contributed by atoms with van der Waals surface area (Å²) in [6.07, 6.45) is -4.62. The molecule has 15 heteroatoms. The number of ether oxygens (including phenoxy) is 2. The highest BCUT2D eigenvalue weighted by Gasteiger charge is 2.32. The van der Waals surface area contributed by atoms with Crippen LogP contribution < -0.4 is 20.3 Å². The zero-order valence-electron chi connectivity index (χ0n) is 23.6. The number of benzene rings is 3. The smallest absolute Gasteiger partial charge is 0.406 e. The number of hydrogen-bond donors (Lipinski definition) is 3. The van der Waals surface area contributed by atoms with Gasteiger partial charge in [-0.1, -0.05) is 36.0 Å². The van der Waals surface area contributed by atoms with Gasteiger partial charge in [-0.05, 0) is 60.5 Å². The quantitative estimate of drug-likeness (QED) is 0.196. The van der Waals surface area contributed by atoms with Gasteiger partial charge in [0.2, 0.25) is 18.2 Å². The normalized spacial score (nSPS) is 15.1. The van der Waals surface area contributed by atoms with Gasteiger partial charge in [0.25, 0.3) is 0 Å². The van der Waals surface area contributed by atoms with E-state index < -0.39 is 12.7 Å². The number of aliphatic hydroxyl groups is 1. The first-order valence-electron chi connectivity index (χ1n) is 13.3. The van der Waals surface area contributed by atoms with Gasteiger partial charge in [-0.2, -0.15) is 0 Å². The minimum absolute atomic E-state index is 0.131. The van der Waals surface area contributed by atoms with E-state index in [-0.39, 0.29) is 17.4 Å². The van der Waals surface area contributed by atoms with Crippen molar-refractivity contribution in [1.29, 1.82) is 0 Å². The third-order valence-electron chi connectivity index (χ3n) is 6.31. The third kappa shape index (κ3) is 7.86. The van der Waals surface area contributed by atoms with Gasteiger partial charge in [0.15, 0.2) is 5.17 Å². The number of carbonyl (C=O) groups excluding carboxylic acids is 1. The van der Waals surface area contributed by atoms with Gasteiger partial charge in [0, 0.05) is 24.9 Å². The number of hydrogen-bond acceptors (Lipinski definition) is 10. The molecule has 3 aromatic carbocycles. The molecule has 1 unspecified atom stereocenters. The maximum Gasteiger partial charge on any atom is 0.573 e. The Morgan fingerprint density at radius 1 is 1.11 bits per heavy atom. The fraction of sp³-hybridized carbons (Fsp3) is 0.241. The van der Waals surface area contributed by atoms with E-state index >= 15 is 0 Å². The molecular formula is C29H28F3N7O4S. The van der Waals surface area contributed by atoms with Gasteiger partial charge < -0.3 is 25.2 Å². The number of carbonyl (C=O) groups is 1. The fourth-order valence-electron chi connectivity index (χ4n) is 4.31. The van der Waals surface area contributed by atoms with E-state index in [1.807, 2.05) is 37.3 Å². The molecule has 1 aromatic heterocycles. The third-order valence-corrected chi connectivity index (χ3v) is 7.24. The number of aromatic nitrogens is 3. The van der Waals surface area contributed by atoms with Crippen LogP contribution in [-0.2, 0) is 22.7 Å². The molecule has 3 N–H and O–H groups in total. The molecular weight excluding hydrogens is 599 g/mol. The number of thioether (sulfide) groups is 1. The molecule has 1 saturated heterocycles. The van der Waals surface area contributed by atoms with Crippen LogP contribution in [0.5, 0.6) is 5.75 Å². The van der Waals surface area contributed by atoms with Crippen molar-refractivity contribution in [1.82, 2.24) is 14.8 Å². The van der Waals surface area contributed by atoms with E-state index in [4.69, 9.17) is 4.74 Å². The number of alkyl halides is 3. The lowest BCUT2D eigenvalue weighted by molar-refractivity contribution is -0.274. The summed E-state index contributed by atoms with van der Waals surface area (Å²) < 4.78 is 47.7. The molecule has 1 aliphatic heterocycles. The van der Waals surface area contributed by atoms with Crippen LogP contribution in [0.15, 0.2) is 78.0 Å². The number of aliphatic imine (C=N–C) groups is 1. The predicted octanol–water partition coefficient (Wildman–Crippen LogP) is 5.06. The summed E-state index contributed by atoms with van der Waals surface area (Å²) >= 11 is 1.25. The number of rotatable bonds is 11. The van der Waals surface area contributed by atoms with Crippen LogP contribution in [-0.4, -0.2) is 56.5 Å². The van der Waals surface area contributed by atoms with Crippen molar-refractivity contribution < 1.29 is 32.5 Å². The highest BCUT2D eigenvalue weighted by Crippen LogP contribution is 2.31. The summed E-state index contributed by atoms with van der Waals surface area (Å²) in [5.74, 6) is 0.0769. The number of amides is 1. The van der Waals surface area contributed by atoms with Gasteiger partial charge >= 0.3 is 6.36 Å². The second kappa shape index (κ2) is 13.4. The van der Waals surface area contributed by atoms with E-state index in [1.165, 1.54) is 51.9 Å². The van der Waals surface area contributed by atoms with E-state index in [2.05, 4.69) is 30.4 Å². The van der Waals surface area contributed by atoms with Crippen LogP contribution in [0, 0.1) is 6.92 Å². The van der Waals surface area contributed by atoms with E-state index in [1.54, 1.807) is 19.2 Å². The highest BCUT2D eigenvalue weighted by atomic mass is 32.2. The predicted molar refractivity (Wildman–Crippen MR) is 161 cm³/mol. The minimum atomic E-state index is -4.76. The molecule has 2 heterocycles. The second-order valence-corrected chi connectivity index (χ2v) is 10.6. The Balaban J connectivity index is 1.17.